The summed E-state index contributed by atoms with van der Waals surface area (Å²) in [6.07, 6.45) is 14.8. The monoisotopic (exact) mass is 208 g/mol. The van der Waals surface area contributed by atoms with E-state index < -0.39 is 0 Å². The van der Waals surface area contributed by atoms with Crippen LogP contribution >= 0.6 is 0 Å². The Labute approximate surface area is 96.2 Å². The van der Waals surface area contributed by atoms with E-state index in [1.54, 1.807) is 0 Å². The zero-order chi connectivity index (χ0) is 11.1. The van der Waals surface area contributed by atoms with Gasteiger partial charge in [0.05, 0.1) is 0 Å². The molecule has 0 heterocycles. The predicted octanol–water partition coefficient (Wildman–Crippen LogP) is 5.20. The highest BCUT2D eigenvalue weighted by Crippen LogP contribution is 2.32. The van der Waals surface area contributed by atoms with Crippen LogP contribution in [0.3, 0.4) is 0 Å². The molecule has 0 bridgehead atoms. The molecule has 88 valence electrons. The molecule has 0 unspecified atom stereocenters. The Morgan fingerprint density at radius 2 is 2.07 bits per heavy atom. The van der Waals surface area contributed by atoms with Crippen LogP contribution in [0.15, 0.2) is 12.2 Å². The highest BCUT2D eigenvalue weighted by Gasteiger charge is 2.20. The van der Waals surface area contributed by atoms with Crippen molar-refractivity contribution in [3.63, 3.8) is 0 Å². The maximum absolute atomic E-state index is 2.51. The van der Waals surface area contributed by atoms with E-state index >= 15 is 0 Å². The van der Waals surface area contributed by atoms with Crippen LogP contribution in [0, 0.1) is 17.8 Å². The van der Waals surface area contributed by atoms with Crippen LogP contribution in [0.25, 0.3) is 0 Å². The Balaban J connectivity index is 2.18. The van der Waals surface area contributed by atoms with Crippen LogP contribution in [-0.2, 0) is 0 Å². The molecule has 0 radical (unpaired) electrons. The van der Waals surface area contributed by atoms with Crippen molar-refractivity contribution < 1.29 is 0 Å². The first-order valence-electron chi connectivity index (χ1n) is 6.92. The van der Waals surface area contributed by atoms with Crippen LogP contribution in [0.2, 0.25) is 0 Å². The molecule has 1 fully saturated rings. The Morgan fingerprint density at radius 3 is 2.67 bits per heavy atom. The molecule has 3 atom stereocenters. The summed E-state index contributed by atoms with van der Waals surface area (Å²) in [5.41, 5.74) is 0. The van der Waals surface area contributed by atoms with E-state index in [0.717, 1.165) is 17.8 Å². The van der Waals surface area contributed by atoms with Gasteiger partial charge < -0.3 is 0 Å². The lowest BCUT2D eigenvalue weighted by molar-refractivity contribution is 0.496. The average molecular weight is 208 g/mol. The first-order valence-corrected chi connectivity index (χ1v) is 6.92. The molecule has 1 saturated carbocycles. The predicted molar refractivity (Wildman–Crippen MR) is 69.0 cm³/mol. The zero-order valence-electron chi connectivity index (χ0n) is 10.8. The summed E-state index contributed by atoms with van der Waals surface area (Å²) in [6, 6.07) is 0. The average Bonchev–Trinajstić information content (AvgIpc) is 2.61. The second-order valence-corrected chi connectivity index (χ2v) is 5.43. The highest BCUT2D eigenvalue weighted by molar-refractivity contribution is 4.95. The van der Waals surface area contributed by atoms with Crippen molar-refractivity contribution in [1.29, 1.82) is 0 Å². The maximum atomic E-state index is 2.51. The molecule has 0 aromatic heterocycles. The molecule has 0 N–H and O–H groups in total. The highest BCUT2D eigenvalue weighted by atomic mass is 14.3. The van der Waals surface area contributed by atoms with E-state index in [1.165, 1.54) is 44.9 Å². The van der Waals surface area contributed by atoms with E-state index in [0.29, 0.717) is 0 Å². The second kappa shape index (κ2) is 7.09. The van der Waals surface area contributed by atoms with Crippen molar-refractivity contribution in [3.8, 4) is 0 Å². The van der Waals surface area contributed by atoms with Crippen LogP contribution in [-0.4, -0.2) is 0 Å². The van der Waals surface area contributed by atoms with Crippen molar-refractivity contribution in [3.05, 3.63) is 12.2 Å². The minimum absolute atomic E-state index is 0.796. The van der Waals surface area contributed by atoms with Gasteiger partial charge in [-0.1, -0.05) is 65.0 Å². The summed E-state index contributed by atoms with van der Waals surface area (Å²) < 4.78 is 0. The molecule has 0 heteroatoms. The fourth-order valence-electron chi connectivity index (χ4n) is 2.60. The van der Waals surface area contributed by atoms with E-state index in [9.17, 15) is 0 Å². The SMILES string of the molecule is CCCCC[C@H](C)/C=C/[C@@H]1CCC[C@H]1C. The van der Waals surface area contributed by atoms with E-state index in [4.69, 9.17) is 0 Å². The number of unbranched alkanes of at least 4 members (excludes halogenated alkanes) is 2. The van der Waals surface area contributed by atoms with Crippen molar-refractivity contribution in [2.45, 2.75) is 65.7 Å². The lowest BCUT2D eigenvalue weighted by Gasteiger charge is -2.11. The summed E-state index contributed by atoms with van der Waals surface area (Å²) in [5.74, 6) is 2.62. The minimum Gasteiger partial charge on any atom is -0.0854 e. The zero-order valence-corrected chi connectivity index (χ0v) is 10.8. The molecule has 0 amide bonds. The largest absolute Gasteiger partial charge is 0.0854 e. The first kappa shape index (κ1) is 12.8. The molecule has 0 aromatic rings. The summed E-state index contributed by atoms with van der Waals surface area (Å²) in [5, 5.41) is 0. The lowest BCUT2D eigenvalue weighted by atomic mass is 9.95. The third-order valence-corrected chi connectivity index (χ3v) is 3.88. The van der Waals surface area contributed by atoms with Gasteiger partial charge in [0.25, 0.3) is 0 Å². The molecule has 0 saturated heterocycles. The van der Waals surface area contributed by atoms with Gasteiger partial charge >= 0.3 is 0 Å². The van der Waals surface area contributed by atoms with E-state index in [2.05, 4.69) is 32.9 Å². The number of hydrogen-bond donors (Lipinski definition) is 0. The fraction of sp³-hybridized carbons (Fsp3) is 0.867. The first-order chi connectivity index (χ1) is 7.24. The molecule has 0 aliphatic heterocycles. The van der Waals surface area contributed by atoms with Crippen molar-refractivity contribution >= 4 is 0 Å². The summed E-state index contributed by atoms with van der Waals surface area (Å²) in [4.78, 5) is 0. The molecule has 0 spiro atoms. The molecule has 0 aromatic carbocycles. The Morgan fingerprint density at radius 1 is 1.27 bits per heavy atom. The molecule has 15 heavy (non-hydrogen) atoms. The van der Waals surface area contributed by atoms with Gasteiger partial charge in [0, 0.05) is 0 Å². The lowest BCUT2D eigenvalue weighted by Crippen LogP contribution is -2.00. The number of allylic oxidation sites excluding steroid dienone is 2. The third-order valence-electron chi connectivity index (χ3n) is 3.88. The van der Waals surface area contributed by atoms with Crippen LogP contribution in [0.5, 0.6) is 0 Å². The Bertz CT molecular complexity index is 180. The third kappa shape index (κ3) is 4.86. The molecular weight excluding hydrogens is 180 g/mol. The van der Waals surface area contributed by atoms with Gasteiger partial charge in [0.15, 0.2) is 0 Å². The molecule has 0 nitrogen and oxygen atoms in total. The molecule has 1 aliphatic carbocycles. The summed E-state index contributed by atoms with van der Waals surface area (Å²) in [6.45, 7) is 7.05. The van der Waals surface area contributed by atoms with Gasteiger partial charge in [-0.3, -0.25) is 0 Å². The number of rotatable bonds is 6. The molecule has 1 aliphatic rings. The van der Waals surface area contributed by atoms with Gasteiger partial charge in [0.2, 0.25) is 0 Å². The smallest absolute Gasteiger partial charge is 0.0208 e. The van der Waals surface area contributed by atoms with Gasteiger partial charge in [-0.2, -0.15) is 0 Å². The second-order valence-electron chi connectivity index (χ2n) is 5.43. The fourth-order valence-corrected chi connectivity index (χ4v) is 2.60. The van der Waals surface area contributed by atoms with Gasteiger partial charge in [-0.05, 0) is 30.6 Å². The molecular formula is C15H28. The quantitative estimate of drug-likeness (QED) is 0.416. The normalized spacial score (nSPS) is 28.7. The van der Waals surface area contributed by atoms with Crippen molar-refractivity contribution in [1.82, 2.24) is 0 Å². The van der Waals surface area contributed by atoms with Crippen LogP contribution in [0.4, 0.5) is 0 Å². The van der Waals surface area contributed by atoms with Crippen LogP contribution in [0.1, 0.15) is 65.7 Å². The van der Waals surface area contributed by atoms with Gasteiger partial charge in [0.1, 0.15) is 0 Å². The minimum atomic E-state index is 0.796. The summed E-state index contributed by atoms with van der Waals surface area (Å²) >= 11 is 0. The van der Waals surface area contributed by atoms with E-state index in [-0.39, 0.29) is 0 Å². The summed E-state index contributed by atoms with van der Waals surface area (Å²) in [7, 11) is 0. The van der Waals surface area contributed by atoms with Crippen molar-refractivity contribution in [2.75, 3.05) is 0 Å². The van der Waals surface area contributed by atoms with Crippen LogP contribution < -0.4 is 0 Å². The Hall–Kier alpha value is -0.260. The topological polar surface area (TPSA) is 0 Å². The number of hydrogen-bond acceptors (Lipinski definition) is 0. The molecule has 1 rings (SSSR count). The standard InChI is InChI=1S/C15H28/c1-4-5-6-8-13(2)11-12-15-10-7-9-14(15)3/h11-15H,4-10H2,1-3H3/b12-11+/t13-,14+,15-/m0/s1. The van der Waals surface area contributed by atoms with Gasteiger partial charge in [-0.15, -0.1) is 0 Å². The Kier molecular flexibility index (Phi) is 6.05. The maximum Gasteiger partial charge on any atom is -0.0208 e. The van der Waals surface area contributed by atoms with Crippen molar-refractivity contribution in [2.24, 2.45) is 17.8 Å². The van der Waals surface area contributed by atoms with Gasteiger partial charge in [-0.25, -0.2) is 0 Å². The van der Waals surface area contributed by atoms with E-state index in [1.807, 2.05) is 0 Å².